The third kappa shape index (κ3) is 11.9. The van der Waals surface area contributed by atoms with Crippen LogP contribution in [0.2, 0.25) is 0 Å². The van der Waals surface area contributed by atoms with Crippen LogP contribution in [0, 0.1) is 18.3 Å². The van der Waals surface area contributed by atoms with Crippen LogP contribution in [-0.2, 0) is 33.7 Å². The summed E-state index contributed by atoms with van der Waals surface area (Å²) < 4.78 is 49.2. The van der Waals surface area contributed by atoms with Gasteiger partial charge in [0.1, 0.15) is 35.4 Å². The van der Waals surface area contributed by atoms with Gasteiger partial charge in [-0.3, -0.25) is 33.7 Å². The lowest BCUT2D eigenvalue weighted by molar-refractivity contribution is -0.164. The van der Waals surface area contributed by atoms with Crippen molar-refractivity contribution in [3.05, 3.63) is 164 Å². The number of benzene rings is 4. The fraction of sp³-hybridized carbons (Fsp3) is 0.415. The zero-order chi connectivity index (χ0) is 51.5. The van der Waals surface area contributed by atoms with E-state index in [1.807, 2.05) is 107 Å². The second-order valence-corrected chi connectivity index (χ2v) is 19.2. The lowest BCUT2D eigenvalue weighted by Gasteiger charge is -2.39. The smallest absolute Gasteiger partial charge is 0.330 e. The highest BCUT2D eigenvalue weighted by Crippen LogP contribution is 2.51. The first-order valence-electron chi connectivity index (χ1n) is 23.8. The van der Waals surface area contributed by atoms with Gasteiger partial charge in [-0.25, -0.2) is 9.46 Å². The van der Waals surface area contributed by atoms with Crippen LogP contribution in [0.1, 0.15) is 83.3 Å². The van der Waals surface area contributed by atoms with Crippen LogP contribution < -0.4 is 20.7 Å². The maximum absolute atomic E-state index is 13.9. The van der Waals surface area contributed by atoms with Crippen molar-refractivity contribution in [3.63, 3.8) is 0 Å². The van der Waals surface area contributed by atoms with Crippen LogP contribution in [0.15, 0.2) is 119 Å². The Morgan fingerprint density at radius 1 is 0.778 bits per heavy atom. The van der Waals surface area contributed by atoms with Crippen molar-refractivity contribution < 1.29 is 47.2 Å². The minimum atomic E-state index is -1.94. The van der Waals surface area contributed by atoms with Crippen molar-refractivity contribution in [2.45, 2.75) is 83.3 Å². The zero-order valence-corrected chi connectivity index (χ0v) is 42.8. The number of hydroxylamine groups is 2. The molecule has 0 aliphatic carbocycles. The normalized spacial score (nSPS) is 18.3. The van der Waals surface area contributed by atoms with Crippen LogP contribution in [0.3, 0.4) is 0 Å². The zero-order valence-electron chi connectivity index (χ0n) is 41.9. The average Bonchev–Trinajstić information content (AvgIpc) is 3.84. The molecule has 2 amide bonds. The number of nitrogens with zero attached hydrogens (tertiary/aromatic N) is 5. The number of nitrogens with one attached hydrogen (secondary N) is 1. The number of carbonyl (C=O) groups is 2. The maximum Gasteiger partial charge on any atom is 0.330 e. The number of imide groups is 1. The van der Waals surface area contributed by atoms with Gasteiger partial charge < -0.3 is 32.7 Å². The van der Waals surface area contributed by atoms with Crippen molar-refractivity contribution >= 4 is 20.3 Å². The number of methoxy groups -OCH3 is 2. The molecule has 1 saturated heterocycles. The van der Waals surface area contributed by atoms with Gasteiger partial charge in [-0.2, -0.15) is 10.3 Å². The highest BCUT2D eigenvalue weighted by atomic mass is 31.2. The van der Waals surface area contributed by atoms with E-state index in [1.54, 1.807) is 52.5 Å². The predicted octanol–water partition coefficient (Wildman–Crippen LogP) is 6.97. The fourth-order valence-corrected chi connectivity index (χ4v) is 10.7. The Kier molecular flexibility index (Phi) is 18.3. The van der Waals surface area contributed by atoms with Crippen LogP contribution in [0.25, 0.3) is 0 Å². The van der Waals surface area contributed by atoms with E-state index in [0.717, 1.165) is 16.7 Å². The molecule has 1 aromatic heterocycles. The molecule has 5 aromatic rings. The molecule has 0 radical (unpaired) electrons. The van der Waals surface area contributed by atoms with Crippen LogP contribution in [0.4, 0.5) is 0 Å². The third-order valence-electron chi connectivity index (χ3n) is 12.4. The average molecular weight is 1010 g/mol. The molecule has 72 heavy (non-hydrogen) atoms. The number of likely N-dealkylation sites (N-methyl/N-ethyl adjacent to an activating group) is 1. The van der Waals surface area contributed by atoms with Crippen molar-refractivity contribution in [1.29, 1.82) is 5.26 Å². The molecule has 0 spiro atoms. The molecule has 0 saturated carbocycles. The molecular formula is C53H63N6O12P. The molecule has 19 heteroatoms. The second kappa shape index (κ2) is 24.5. The van der Waals surface area contributed by atoms with Gasteiger partial charge in [-0.1, -0.05) is 66.7 Å². The SMILES string of the molecule is COc1ccc(C(OCC2OC(n3cc(C)c(=O)[nH]c3=O)C(OCCON(C)CCN3C(=O)c4ccccc4C3=O)C2OP(OCCC#N)N(C(C)C)C(C)C)(c2ccccc2)c2ccc(OC)cc2)cc1. The van der Waals surface area contributed by atoms with E-state index < -0.39 is 49.9 Å². The number of H-pyrrole nitrogens is 1. The number of carbonyl (C=O) groups excluding carboxylic acids is 2. The summed E-state index contributed by atoms with van der Waals surface area (Å²) in [4.78, 5) is 62.4. The number of aromatic amines is 1. The number of ether oxygens (including phenoxy) is 5. The summed E-state index contributed by atoms with van der Waals surface area (Å²) in [5, 5.41) is 11.1. The summed E-state index contributed by atoms with van der Waals surface area (Å²) in [6.45, 7) is 9.85. The molecule has 2 aliphatic rings. The summed E-state index contributed by atoms with van der Waals surface area (Å²) in [5.41, 5.74) is 0.743. The Balaban J connectivity index is 1.26. The molecule has 4 aromatic carbocycles. The topological polar surface area (TPSA) is 196 Å². The number of fused-ring (bicyclic) bond motifs is 1. The molecule has 382 valence electrons. The molecule has 5 atom stereocenters. The highest BCUT2D eigenvalue weighted by Gasteiger charge is 2.52. The van der Waals surface area contributed by atoms with Crippen LogP contribution in [0.5, 0.6) is 11.5 Å². The molecule has 2 aliphatic heterocycles. The summed E-state index contributed by atoms with van der Waals surface area (Å²) in [6, 6.07) is 33.7. The summed E-state index contributed by atoms with van der Waals surface area (Å²) in [5.74, 6) is 0.567. The molecule has 0 bridgehead atoms. The quantitative estimate of drug-likeness (QED) is 0.0207. The minimum absolute atomic E-state index is 0.00111. The van der Waals surface area contributed by atoms with Gasteiger partial charge in [0.25, 0.3) is 25.9 Å². The van der Waals surface area contributed by atoms with Gasteiger partial charge in [0.05, 0.1) is 64.3 Å². The third-order valence-corrected chi connectivity index (χ3v) is 14.6. The fourth-order valence-electron chi connectivity index (χ4n) is 8.95. The Morgan fingerprint density at radius 2 is 1.35 bits per heavy atom. The molecule has 1 fully saturated rings. The Morgan fingerprint density at radius 3 is 1.90 bits per heavy atom. The van der Waals surface area contributed by atoms with Crippen molar-refractivity contribution in [2.75, 3.05) is 60.8 Å². The number of aromatic nitrogens is 2. The number of hydrogen-bond acceptors (Lipinski definition) is 15. The number of nitriles is 1. The Hall–Kier alpha value is -6.10. The number of aryl methyl sites for hydroxylation is 1. The molecule has 5 unspecified atom stereocenters. The molecule has 7 rings (SSSR count). The largest absolute Gasteiger partial charge is 0.497 e. The lowest BCUT2D eigenvalue weighted by atomic mass is 9.80. The number of hydrogen-bond donors (Lipinski definition) is 1. The predicted molar refractivity (Wildman–Crippen MR) is 268 cm³/mol. The van der Waals surface area contributed by atoms with Gasteiger partial charge in [0.15, 0.2) is 6.23 Å². The van der Waals surface area contributed by atoms with E-state index in [1.165, 1.54) is 20.7 Å². The molecule has 3 heterocycles. The van der Waals surface area contributed by atoms with Gasteiger partial charge in [-0.05, 0) is 87.7 Å². The van der Waals surface area contributed by atoms with Crippen molar-refractivity contribution in [1.82, 2.24) is 24.2 Å². The monoisotopic (exact) mass is 1010 g/mol. The van der Waals surface area contributed by atoms with E-state index >= 15 is 0 Å². The first kappa shape index (κ1) is 53.7. The number of rotatable bonds is 25. The van der Waals surface area contributed by atoms with Gasteiger partial charge in [0.2, 0.25) is 0 Å². The second-order valence-electron chi connectivity index (χ2n) is 17.8. The van der Waals surface area contributed by atoms with E-state index in [2.05, 4.69) is 15.7 Å². The molecule has 1 N–H and O–H groups in total. The Bertz CT molecular complexity index is 2680. The Labute approximate surface area is 420 Å². The summed E-state index contributed by atoms with van der Waals surface area (Å²) >= 11 is 0. The highest BCUT2D eigenvalue weighted by molar-refractivity contribution is 7.44. The molecule has 18 nitrogen and oxygen atoms in total. The lowest BCUT2D eigenvalue weighted by Crippen LogP contribution is -2.44. The van der Waals surface area contributed by atoms with Crippen LogP contribution in [-0.4, -0.2) is 127 Å². The standard InChI is InChI=1S/C53H63N6O12P/c1-35(2)59(36(3)4)72(69-30-14-27-54)71-46-45(34-67-53(38-15-10-9-11-16-38,39-19-23-41(64-7)24-20-39)40-21-25-42(65-8)26-22-40)70-51(58-33-37(5)48(60)55-52(58)63)47(46)66-31-32-68-56(6)28-29-57-49(61)43-17-12-13-18-44(43)50(57)62/h9-13,15-26,33,35-36,45-47,51H,14,28-32,34H2,1-8H3,(H,55,60,63). The first-order valence-corrected chi connectivity index (χ1v) is 25.0. The maximum atomic E-state index is 13.9. The van der Waals surface area contributed by atoms with E-state index in [-0.39, 0.29) is 75.4 Å². The van der Waals surface area contributed by atoms with Gasteiger partial charge >= 0.3 is 5.69 Å². The summed E-state index contributed by atoms with van der Waals surface area (Å²) in [6.07, 6.45) is -2.71. The van der Waals surface area contributed by atoms with E-state index in [0.29, 0.717) is 22.6 Å². The first-order chi connectivity index (χ1) is 34.7. The molecular weight excluding hydrogens is 944 g/mol. The van der Waals surface area contributed by atoms with Crippen molar-refractivity contribution in [2.24, 2.45) is 0 Å². The van der Waals surface area contributed by atoms with E-state index in [4.69, 9.17) is 37.6 Å². The summed E-state index contributed by atoms with van der Waals surface area (Å²) in [7, 11) is 2.95. The minimum Gasteiger partial charge on any atom is -0.497 e. The van der Waals surface area contributed by atoms with E-state index in [9.17, 15) is 24.4 Å². The van der Waals surface area contributed by atoms with Crippen molar-refractivity contribution in [3.8, 4) is 17.6 Å². The van der Waals surface area contributed by atoms with Gasteiger partial charge in [0, 0.05) is 44.0 Å². The van der Waals surface area contributed by atoms with Gasteiger partial charge in [-0.15, -0.1) is 0 Å². The number of amides is 2. The van der Waals surface area contributed by atoms with Crippen LogP contribution >= 0.6 is 8.53 Å².